The monoisotopic (exact) mass is 436 g/mol. The highest BCUT2D eigenvalue weighted by Crippen LogP contribution is 2.09. The number of carboxylic acids is 2. The molecule has 29 heavy (non-hydrogen) atoms. The number of amides is 3. The van der Waals surface area contributed by atoms with Gasteiger partial charge in [-0.15, -0.1) is 0 Å². The molecule has 0 spiro atoms. The van der Waals surface area contributed by atoms with Crippen molar-refractivity contribution < 1.29 is 39.3 Å². The Bertz CT molecular complexity index is 618. The fourth-order valence-electron chi connectivity index (χ4n) is 2.15. The molecule has 0 rings (SSSR count). The number of carbonyl (C=O) groups is 5. The van der Waals surface area contributed by atoms with E-state index < -0.39 is 72.8 Å². The van der Waals surface area contributed by atoms with Crippen LogP contribution in [-0.2, 0) is 24.0 Å². The van der Waals surface area contributed by atoms with Crippen molar-refractivity contribution in [3.8, 4) is 0 Å². The Kier molecular flexibility index (Phi) is 11.9. The molecule has 0 aromatic carbocycles. The molecular weight excluding hydrogens is 408 g/mol. The normalized spacial score (nSPS) is 15.9. The molecule has 0 aromatic rings. The van der Waals surface area contributed by atoms with Gasteiger partial charge in [0.25, 0.3) is 0 Å². The van der Waals surface area contributed by atoms with Gasteiger partial charge in [0, 0.05) is 5.75 Å². The van der Waals surface area contributed by atoms with Gasteiger partial charge < -0.3 is 37.0 Å². The number of aliphatic hydroxyl groups excluding tert-OH is 1. The van der Waals surface area contributed by atoms with E-state index in [1.165, 1.54) is 0 Å². The number of nitrogens with two attached hydrogens (primary N) is 1. The fraction of sp³-hybridized carbons (Fsp3) is 0.688. The van der Waals surface area contributed by atoms with Crippen molar-refractivity contribution in [2.75, 3.05) is 12.4 Å². The van der Waals surface area contributed by atoms with Crippen LogP contribution in [0.25, 0.3) is 0 Å². The molecule has 8 N–H and O–H groups in total. The van der Waals surface area contributed by atoms with Crippen LogP contribution < -0.4 is 21.7 Å². The Labute approximate surface area is 173 Å². The van der Waals surface area contributed by atoms with Gasteiger partial charge in [-0.3, -0.25) is 19.2 Å². The first-order chi connectivity index (χ1) is 13.5. The number of aliphatic hydroxyl groups is 1. The highest BCUT2D eigenvalue weighted by molar-refractivity contribution is 7.80. The predicted octanol–water partition coefficient (Wildman–Crippen LogP) is -2.70. The topological polar surface area (TPSA) is 208 Å². The van der Waals surface area contributed by atoms with E-state index in [2.05, 4.69) is 28.6 Å². The van der Waals surface area contributed by atoms with E-state index in [0.29, 0.717) is 6.42 Å². The van der Waals surface area contributed by atoms with Crippen LogP contribution in [0, 0.1) is 5.92 Å². The van der Waals surface area contributed by atoms with Crippen molar-refractivity contribution in [2.24, 2.45) is 11.7 Å². The van der Waals surface area contributed by atoms with Crippen LogP contribution in [0.4, 0.5) is 0 Å². The summed E-state index contributed by atoms with van der Waals surface area (Å²) in [6, 6.07) is -5.41. The minimum atomic E-state index is -1.59. The molecule has 0 aromatic heterocycles. The van der Waals surface area contributed by atoms with Crippen LogP contribution >= 0.6 is 12.6 Å². The van der Waals surface area contributed by atoms with Crippen LogP contribution in [0.3, 0.4) is 0 Å². The SMILES string of the molecule is CCC(C)C(NC(=O)C(CC(=O)O)NC(=O)C(CS)NC(=O)C(N)CO)C(=O)O. The van der Waals surface area contributed by atoms with Crippen LogP contribution in [0.15, 0.2) is 0 Å². The summed E-state index contributed by atoms with van der Waals surface area (Å²) in [5.41, 5.74) is 5.34. The zero-order chi connectivity index (χ0) is 22.7. The van der Waals surface area contributed by atoms with Gasteiger partial charge in [-0.25, -0.2) is 4.79 Å². The first-order valence-corrected chi connectivity index (χ1v) is 9.44. The van der Waals surface area contributed by atoms with Crippen LogP contribution in [0.2, 0.25) is 0 Å². The van der Waals surface area contributed by atoms with Gasteiger partial charge in [-0.2, -0.15) is 12.6 Å². The lowest BCUT2D eigenvalue weighted by molar-refractivity contribution is -0.144. The first kappa shape index (κ1) is 26.6. The quantitative estimate of drug-likeness (QED) is 0.141. The molecule has 166 valence electrons. The summed E-state index contributed by atoms with van der Waals surface area (Å²) >= 11 is 3.92. The van der Waals surface area contributed by atoms with Crippen molar-refractivity contribution in [2.45, 2.75) is 50.9 Å². The Morgan fingerprint density at radius 3 is 1.90 bits per heavy atom. The molecule has 0 aliphatic rings. The molecule has 0 heterocycles. The Balaban J connectivity index is 5.32. The second-order valence-electron chi connectivity index (χ2n) is 6.40. The second kappa shape index (κ2) is 13.0. The summed E-state index contributed by atoms with van der Waals surface area (Å²) in [4.78, 5) is 58.9. The number of carbonyl (C=O) groups excluding carboxylic acids is 3. The van der Waals surface area contributed by atoms with Gasteiger partial charge in [-0.1, -0.05) is 20.3 Å². The van der Waals surface area contributed by atoms with Gasteiger partial charge >= 0.3 is 11.9 Å². The predicted molar refractivity (Wildman–Crippen MR) is 104 cm³/mol. The van der Waals surface area contributed by atoms with Crippen LogP contribution in [0.1, 0.15) is 26.7 Å². The van der Waals surface area contributed by atoms with E-state index in [4.69, 9.17) is 15.9 Å². The molecule has 0 fully saturated rings. The minimum absolute atomic E-state index is 0.207. The third kappa shape index (κ3) is 9.11. The lowest BCUT2D eigenvalue weighted by Gasteiger charge is -2.25. The zero-order valence-electron chi connectivity index (χ0n) is 16.1. The smallest absolute Gasteiger partial charge is 0.326 e. The summed E-state index contributed by atoms with van der Waals surface area (Å²) < 4.78 is 0. The minimum Gasteiger partial charge on any atom is -0.481 e. The molecule has 0 radical (unpaired) electrons. The summed E-state index contributed by atoms with van der Waals surface area (Å²) in [5.74, 6) is -6.12. The average Bonchev–Trinajstić information content (AvgIpc) is 2.66. The van der Waals surface area contributed by atoms with Gasteiger partial charge in [0.2, 0.25) is 17.7 Å². The van der Waals surface area contributed by atoms with Gasteiger partial charge in [0.15, 0.2) is 0 Å². The zero-order valence-corrected chi connectivity index (χ0v) is 17.0. The molecule has 0 aliphatic heterocycles. The molecule has 12 nitrogen and oxygen atoms in total. The third-order valence-electron chi connectivity index (χ3n) is 4.14. The summed E-state index contributed by atoms with van der Waals surface area (Å²) in [6.07, 6.45) is -0.375. The second-order valence-corrected chi connectivity index (χ2v) is 6.77. The molecule has 3 amide bonds. The largest absolute Gasteiger partial charge is 0.481 e. The highest BCUT2D eigenvalue weighted by atomic mass is 32.1. The molecule has 0 saturated carbocycles. The lowest BCUT2D eigenvalue weighted by Crippen LogP contribution is -2.58. The number of rotatable bonds is 13. The molecule has 0 saturated heterocycles. The molecular formula is C16H28N4O8S. The molecule has 5 unspecified atom stereocenters. The molecule has 5 atom stereocenters. The van der Waals surface area contributed by atoms with E-state index in [0.717, 1.165) is 0 Å². The Morgan fingerprint density at radius 2 is 1.48 bits per heavy atom. The van der Waals surface area contributed by atoms with Crippen molar-refractivity contribution >= 4 is 42.3 Å². The molecule has 0 aliphatic carbocycles. The van der Waals surface area contributed by atoms with Crippen molar-refractivity contribution in [1.29, 1.82) is 0 Å². The lowest BCUT2D eigenvalue weighted by atomic mass is 9.98. The van der Waals surface area contributed by atoms with Crippen LogP contribution in [0.5, 0.6) is 0 Å². The maximum absolute atomic E-state index is 12.4. The summed E-state index contributed by atoms with van der Waals surface area (Å²) in [6.45, 7) is 2.66. The highest BCUT2D eigenvalue weighted by Gasteiger charge is 2.32. The number of carboxylic acid groups (broad SMARTS) is 2. The summed E-state index contributed by atoms with van der Waals surface area (Å²) in [7, 11) is 0. The van der Waals surface area contributed by atoms with Crippen molar-refractivity contribution in [1.82, 2.24) is 16.0 Å². The molecule has 0 bridgehead atoms. The Morgan fingerprint density at radius 1 is 0.966 bits per heavy atom. The standard InChI is InChI=1S/C16H28N4O8S/c1-3-7(2)12(16(27)28)20-14(25)9(4-11(22)23)18-15(26)10(6-29)19-13(24)8(17)5-21/h7-10,12,21,29H,3-6,17H2,1-2H3,(H,18,26)(H,19,24)(H,20,25)(H,22,23)(H,27,28). The number of hydrogen-bond donors (Lipinski definition) is 8. The van der Waals surface area contributed by atoms with Gasteiger partial charge in [0.05, 0.1) is 13.0 Å². The van der Waals surface area contributed by atoms with E-state index in [-0.39, 0.29) is 5.75 Å². The van der Waals surface area contributed by atoms with E-state index in [1.807, 2.05) is 0 Å². The van der Waals surface area contributed by atoms with Gasteiger partial charge in [-0.05, 0) is 5.92 Å². The van der Waals surface area contributed by atoms with Crippen molar-refractivity contribution in [3.63, 3.8) is 0 Å². The third-order valence-corrected chi connectivity index (χ3v) is 4.50. The van der Waals surface area contributed by atoms with E-state index in [9.17, 15) is 29.1 Å². The number of thiol groups is 1. The number of aliphatic carboxylic acids is 2. The Hall–Kier alpha value is -2.38. The number of hydrogen-bond acceptors (Lipinski definition) is 8. The first-order valence-electron chi connectivity index (χ1n) is 8.81. The maximum atomic E-state index is 12.4. The molecule has 13 heteroatoms. The van der Waals surface area contributed by atoms with E-state index >= 15 is 0 Å². The maximum Gasteiger partial charge on any atom is 0.326 e. The fourth-order valence-corrected chi connectivity index (χ4v) is 2.41. The average molecular weight is 436 g/mol. The van der Waals surface area contributed by atoms with Gasteiger partial charge in [0.1, 0.15) is 24.2 Å². The van der Waals surface area contributed by atoms with Crippen LogP contribution in [-0.4, -0.2) is 81.5 Å². The summed E-state index contributed by atoms with van der Waals surface area (Å²) in [5, 5.41) is 33.8. The van der Waals surface area contributed by atoms with Crippen molar-refractivity contribution in [3.05, 3.63) is 0 Å². The number of nitrogens with one attached hydrogen (secondary N) is 3. The van der Waals surface area contributed by atoms with E-state index in [1.54, 1.807) is 13.8 Å².